The van der Waals surface area contributed by atoms with Crippen molar-refractivity contribution in [1.82, 2.24) is 14.5 Å². The van der Waals surface area contributed by atoms with Gasteiger partial charge in [0.2, 0.25) is 0 Å². The van der Waals surface area contributed by atoms with Gasteiger partial charge in [-0.1, -0.05) is 41.9 Å². The molecule has 3 aromatic heterocycles. The number of rotatable bonds is 2. The van der Waals surface area contributed by atoms with E-state index in [0.717, 1.165) is 57.5 Å². The molecule has 0 saturated heterocycles. The zero-order valence-corrected chi connectivity index (χ0v) is 17.5. The van der Waals surface area contributed by atoms with Crippen LogP contribution < -0.4 is 5.56 Å². The van der Waals surface area contributed by atoms with Crippen LogP contribution in [-0.4, -0.2) is 14.5 Å². The van der Waals surface area contributed by atoms with Crippen molar-refractivity contribution in [1.29, 1.82) is 0 Å². The molecule has 0 saturated carbocycles. The average Bonchev–Trinajstić information content (AvgIpc) is 3.38. The monoisotopic (exact) mass is 429 g/mol. The Kier molecular flexibility index (Phi) is 4.01. The van der Waals surface area contributed by atoms with Crippen molar-refractivity contribution in [2.24, 2.45) is 0 Å². The fourth-order valence-corrected chi connectivity index (χ4v) is 5.57. The maximum atomic E-state index is 13.3. The molecule has 3 heterocycles. The van der Waals surface area contributed by atoms with Gasteiger partial charge in [-0.25, -0.2) is 9.97 Å². The fraction of sp³-hybridized carbons (Fsp3) is 0.125. The van der Waals surface area contributed by atoms with Crippen LogP contribution in [0.25, 0.3) is 37.2 Å². The van der Waals surface area contributed by atoms with Gasteiger partial charge in [-0.05, 0) is 60.2 Å². The average molecular weight is 430 g/mol. The number of hydrogen-bond acceptors (Lipinski definition) is 4. The molecule has 6 rings (SSSR count). The summed E-state index contributed by atoms with van der Waals surface area (Å²) in [4.78, 5) is 23.9. The third-order valence-corrected chi connectivity index (χ3v) is 7.04. The summed E-state index contributed by atoms with van der Waals surface area (Å²) < 4.78 is 2.25. The highest BCUT2D eigenvalue weighted by Gasteiger charge is 2.25. The van der Waals surface area contributed by atoms with Gasteiger partial charge in [0.1, 0.15) is 15.9 Å². The normalized spacial score (nSPS) is 13.2. The van der Waals surface area contributed by atoms with E-state index < -0.39 is 0 Å². The van der Waals surface area contributed by atoms with Gasteiger partial charge in [0.05, 0.1) is 11.2 Å². The highest BCUT2D eigenvalue weighted by molar-refractivity contribution is 7.25. The third-order valence-electron chi connectivity index (χ3n) is 5.72. The molecule has 0 aliphatic heterocycles. The Morgan fingerprint density at radius 1 is 1.00 bits per heavy atom. The SMILES string of the molecule is O=c1c2sc3nc4c(c(-c5ccc(Cl)cc5)c3c2ncn1-c1ccccc1)CCC4. The number of halogens is 1. The van der Waals surface area contributed by atoms with Crippen LogP contribution >= 0.6 is 22.9 Å². The Morgan fingerprint density at radius 2 is 1.80 bits per heavy atom. The Bertz CT molecular complexity index is 1490. The predicted octanol–water partition coefficient (Wildman–Crippen LogP) is 5.80. The van der Waals surface area contributed by atoms with Crippen LogP contribution in [0.1, 0.15) is 17.7 Å². The predicted molar refractivity (Wildman–Crippen MR) is 123 cm³/mol. The lowest BCUT2D eigenvalue weighted by atomic mass is 9.96. The number of aryl methyl sites for hydroxylation is 1. The molecule has 2 aromatic carbocycles. The van der Waals surface area contributed by atoms with E-state index in [0.29, 0.717) is 9.72 Å². The third kappa shape index (κ3) is 2.62. The quantitative estimate of drug-likeness (QED) is 0.356. The van der Waals surface area contributed by atoms with Crippen LogP contribution in [-0.2, 0) is 12.8 Å². The maximum absolute atomic E-state index is 13.3. The van der Waals surface area contributed by atoms with Crippen molar-refractivity contribution in [3.63, 3.8) is 0 Å². The summed E-state index contributed by atoms with van der Waals surface area (Å²) >= 11 is 7.58. The van der Waals surface area contributed by atoms with Crippen LogP contribution in [0, 0.1) is 0 Å². The van der Waals surface area contributed by atoms with Crippen molar-refractivity contribution in [2.75, 3.05) is 0 Å². The van der Waals surface area contributed by atoms with Crippen molar-refractivity contribution >= 4 is 43.4 Å². The van der Waals surface area contributed by atoms with E-state index in [2.05, 4.69) is 0 Å². The molecule has 30 heavy (non-hydrogen) atoms. The summed E-state index contributed by atoms with van der Waals surface area (Å²) in [5.41, 5.74) is 6.15. The Labute approximate surface area is 181 Å². The molecule has 6 heteroatoms. The molecule has 0 atom stereocenters. The minimum atomic E-state index is -0.0589. The number of hydrogen-bond donors (Lipinski definition) is 0. The molecule has 0 radical (unpaired) electrons. The fourth-order valence-electron chi connectivity index (χ4n) is 4.36. The molecular formula is C24H16ClN3OS. The van der Waals surface area contributed by atoms with Gasteiger partial charge in [-0.2, -0.15) is 0 Å². The number of aromatic nitrogens is 3. The summed E-state index contributed by atoms with van der Waals surface area (Å²) in [6.45, 7) is 0. The van der Waals surface area contributed by atoms with E-state index in [1.54, 1.807) is 10.9 Å². The van der Waals surface area contributed by atoms with Crippen LogP contribution in [0.5, 0.6) is 0 Å². The number of pyridine rings is 1. The first-order chi connectivity index (χ1) is 14.7. The maximum Gasteiger partial charge on any atom is 0.275 e. The summed E-state index contributed by atoms with van der Waals surface area (Å²) in [5.74, 6) is 0. The zero-order valence-electron chi connectivity index (χ0n) is 15.9. The molecule has 1 aliphatic carbocycles. The van der Waals surface area contributed by atoms with Gasteiger partial charge in [0.15, 0.2) is 0 Å². The van der Waals surface area contributed by atoms with Crippen LogP contribution in [0.2, 0.25) is 5.02 Å². The standard InChI is InChI=1S/C24H16ClN3OS/c25-15-11-9-14(10-12-15)19-17-7-4-8-18(17)27-23-20(19)21-22(30-23)24(29)28(13-26-21)16-5-2-1-3-6-16/h1-3,5-6,9-13H,4,7-8H2. The zero-order chi connectivity index (χ0) is 20.2. The van der Waals surface area contributed by atoms with E-state index in [4.69, 9.17) is 21.6 Å². The van der Waals surface area contributed by atoms with E-state index in [9.17, 15) is 4.79 Å². The molecule has 0 spiro atoms. The molecule has 1 aliphatic rings. The molecule has 5 aromatic rings. The van der Waals surface area contributed by atoms with Crippen LogP contribution in [0.15, 0.2) is 65.7 Å². The summed E-state index contributed by atoms with van der Waals surface area (Å²) in [6, 6.07) is 17.5. The molecule has 146 valence electrons. The highest BCUT2D eigenvalue weighted by atomic mass is 35.5. The van der Waals surface area contributed by atoms with Crippen molar-refractivity contribution < 1.29 is 0 Å². The van der Waals surface area contributed by atoms with Crippen molar-refractivity contribution in [2.45, 2.75) is 19.3 Å². The number of benzene rings is 2. The molecule has 4 nitrogen and oxygen atoms in total. The van der Waals surface area contributed by atoms with Crippen LogP contribution in [0.3, 0.4) is 0 Å². The van der Waals surface area contributed by atoms with E-state index in [1.165, 1.54) is 16.9 Å². The summed E-state index contributed by atoms with van der Waals surface area (Å²) in [6.07, 6.45) is 4.70. The van der Waals surface area contributed by atoms with Gasteiger partial charge < -0.3 is 0 Å². The number of para-hydroxylation sites is 1. The largest absolute Gasteiger partial charge is 0.275 e. The summed E-state index contributed by atoms with van der Waals surface area (Å²) in [5, 5.41) is 1.69. The minimum absolute atomic E-state index is 0.0589. The second kappa shape index (κ2) is 6.76. The molecule has 0 amide bonds. The number of fused-ring (bicyclic) bond motifs is 4. The van der Waals surface area contributed by atoms with Gasteiger partial charge in [0, 0.05) is 16.1 Å². The minimum Gasteiger partial charge on any atom is -0.267 e. The molecular weight excluding hydrogens is 414 g/mol. The molecule has 0 fully saturated rings. The Balaban J connectivity index is 1.71. The topological polar surface area (TPSA) is 47.8 Å². The smallest absolute Gasteiger partial charge is 0.267 e. The van der Waals surface area contributed by atoms with Gasteiger partial charge >= 0.3 is 0 Å². The van der Waals surface area contributed by atoms with Crippen LogP contribution in [0.4, 0.5) is 0 Å². The van der Waals surface area contributed by atoms with Crippen molar-refractivity contribution in [3.05, 3.63) is 87.6 Å². The van der Waals surface area contributed by atoms with E-state index in [1.807, 2.05) is 54.6 Å². The number of thiophene rings is 1. The second-order valence-electron chi connectivity index (χ2n) is 7.49. The molecule has 0 unspecified atom stereocenters. The van der Waals surface area contributed by atoms with Gasteiger partial charge in [0.25, 0.3) is 5.56 Å². The first-order valence-electron chi connectivity index (χ1n) is 9.87. The van der Waals surface area contributed by atoms with Gasteiger partial charge in [-0.3, -0.25) is 9.36 Å². The lowest BCUT2D eigenvalue weighted by molar-refractivity contribution is 0.902. The summed E-state index contributed by atoms with van der Waals surface area (Å²) in [7, 11) is 0. The first-order valence-corrected chi connectivity index (χ1v) is 11.1. The highest BCUT2D eigenvalue weighted by Crippen LogP contribution is 2.42. The van der Waals surface area contributed by atoms with E-state index >= 15 is 0 Å². The lowest BCUT2D eigenvalue weighted by Gasteiger charge is -2.11. The van der Waals surface area contributed by atoms with Gasteiger partial charge in [-0.15, -0.1) is 11.3 Å². The Hall–Kier alpha value is -3.02. The van der Waals surface area contributed by atoms with E-state index in [-0.39, 0.29) is 5.56 Å². The molecule has 0 N–H and O–H groups in total. The first kappa shape index (κ1) is 17.8. The molecule has 0 bridgehead atoms. The lowest BCUT2D eigenvalue weighted by Crippen LogP contribution is -2.17. The number of nitrogens with zero attached hydrogens (tertiary/aromatic N) is 3. The second-order valence-corrected chi connectivity index (χ2v) is 8.92. The Morgan fingerprint density at radius 3 is 2.60 bits per heavy atom. The van der Waals surface area contributed by atoms with Crippen molar-refractivity contribution in [3.8, 4) is 16.8 Å².